The van der Waals surface area contributed by atoms with Gasteiger partial charge in [-0.15, -0.1) is 11.3 Å². The first-order valence-corrected chi connectivity index (χ1v) is 8.84. The molecule has 6 nitrogen and oxygen atoms in total. The lowest BCUT2D eigenvalue weighted by atomic mass is 10.0. The molecule has 0 atom stereocenters. The van der Waals surface area contributed by atoms with E-state index in [0.717, 1.165) is 32.7 Å². The zero-order chi connectivity index (χ0) is 16.8. The molecule has 1 aliphatic heterocycles. The van der Waals surface area contributed by atoms with E-state index in [1.165, 1.54) is 0 Å². The highest BCUT2D eigenvalue weighted by Gasteiger charge is 2.29. The molecule has 0 fully saturated rings. The van der Waals surface area contributed by atoms with Gasteiger partial charge in [0.1, 0.15) is 23.4 Å². The SMILES string of the molecule is O=C1NCCn2nc(-c3ncnc4ccsc34)c(-c3ccccc3)c21. The minimum atomic E-state index is -0.0969. The van der Waals surface area contributed by atoms with Crippen molar-refractivity contribution in [1.29, 1.82) is 0 Å². The van der Waals surface area contributed by atoms with E-state index >= 15 is 0 Å². The van der Waals surface area contributed by atoms with Crippen LogP contribution >= 0.6 is 11.3 Å². The lowest BCUT2D eigenvalue weighted by Crippen LogP contribution is -2.35. The zero-order valence-electron chi connectivity index (χ0n) is 13.1. The Morgan fingerprint density at radius 2 is 1.96 bits per heavy atom. The van der Waals surface area contributed by atoms with Crippen molar-refractivity contribution in [2.45, 2.75) is 6.54 Å². The third kappa shape index (κ3) is 2.16. The maximum absolute atomic E-state index is 12.5. The van der Waals surface area contributed by atoms with E-state index in [1.54, 1.807) is 22.3 Å². The molecule has 4 aromatic rings. The van der Waals surface area contributed by atoms with E-state index in [1.807, 2.05) is 41.8 Å². The number of hydrogen-bond acceptors (Lipinski definition) is 5. The number of carbonyl (C=O) groups is 1. The summed E-state index contributed by atoms with van der Waals surface area (Å²) in [6.45, 7) is 1.24. The molecule has 1 aromatic carbocycles. The van der Waals surface area contributed by atoms with E-state index in [2.05, 4.69) is 15.3 Å². The van der Waals surface area contributed by atoms with Crippen LogP contribution in [0.5, 0.6) is 0 Å². The largest absolute Gasteiger partial charge is 0.349 e. The zero-order valence-corrected chi connectivity index (χ0v) is 14.0. The molecular weight excluding hydrogens is 334 g/mol. The van der Waals surface area contributed by atoms with Crippen LogP contribution in [0.1, 0.15) is 10.5 Å². The summed E-state index contributed by atoms with van der Waals surface area (Å²) in [5.74, 6) is -0.0969. The molecule has 0 aliphatic carbocycles. The van der Waals surface area contributed by atoms with Crippen molar-refractivity contribution >= 4 is 27.5 Å². The summed E-state index contributed by atoms with van der Waals surface area (Å²) in [6, 6.07) is 11.8. The number of hydrogen-bond donors (Lipinski definition) is 1. The van der Waals surface area contributed by atoms with Gasteiger partial charge in [-0.2, -0.15) is 5.10 Å². The summed E-state index contributed by atoms with van der Waals surface area (Å²) in [6.07, 6.45) is 1.55. The number of carbonyl (C=O) groups excluding carboxylic acids is 1. The molecule has 122 valence electrons. The van der Waals surface area contributed by atoms with E-state index in [0.29, 0.717) is 18.8 Å². The van der Waals surface area contributed by atoms with Crippen LogP contribution in [0.4, 0.5) is 0 Å². The fourth-order valence-corrected chi connectivity index (χ4v) is 4.05. The van der Waals surface area contributed by atoms with Gasteiger partial charge < -0.3 is 5.32 Å². The number of nitrogens with zero attached hydrogens (tertiary/aromatic N) is 4. The molecule has 1 amide bonds. The Bertz CT molecular complexity index is 1100. The number of thiophene rings is 1. The van der Waals surface area contributed by atoms with Crippen molar-refractivity contribution in [3.05, 3.63) is 53.8 Å². The molecule has 3 aromatic heterocycles. The average molecular weight is 347 g/mol. The van der Waals surface area contributed by atoms with Gasteiger partial charge in [-0.1, -0.05) is 30.3 Å². The molecule has 0 spiro atoms. The summed E-state index contributed by atoms with van der Waals surface area (Å²) >= 11 is 1.58. The van der Waals surface area contributed by atoms with Crippen molar-refractivity contribution in [2.75, 3.05) is 6.54 Å². The Morgan fingerprint density at radius 1 is 1.08 bits per heavy atom. The van der Waals surface area contributed by atoms with Crippen molar-refractivity contribution in [3.8, 4) is 22.5 Å². The molecule has 0 unspecified atom stereocenters. The van der Waals surface area contributed by atoms with Crippen molar-refractivity contribution in [1.82, 2.24) is 25.1 Å². The van der Waals surface area contributed by atoms with Gasteiger partial charge in [-0.05, 0) is 17.0 Å². The van der Waals surface area contributed by atoms with Gasteiger partial charge in [0.15, 0.2) is 0 Å². The molecular formula is C18H13N5OS. The number of rotatable bonds is 2. The van der Waals surface area contributed by atoms with Crippen LogP contribution in [-0.2, 0) is 6.54 Å². The Hall–Kier alpha value is -3.06. The second kappa shape index (κ2) is 5.49. The highest BCUT2D eigenvalue weighted by molar-refractivity contribution is 7.17. The number of nitrogens with one attached hydrogen (secondary N) is 1. The Kier molecular flexibility index (Phi) is 3.14. The topological polar surface area (TPSA) is 72.7 Å². The quantitative estimate of drug-likeness (QED) is 0.605. The monoisotopic (exact) mass is 347 g/mol. The second-order valence-corrected chi connectivity index (χ2v) is 6.69. The van der Waals surface area contributed by atoms with Crippen LogP contribution in [-0.4, -0.2) is 32.2 Å². The molecule has 7 heteroatoms. The van der Waals surface area contributed by atoms with Crippen LogP contribution in [0.15, 0.2) is 48.1 Å². The highest BCUT2D eigenvalue weighted by atomic mass is 32.1. The normalized spacial score (nSPS) is 13.7. The standard InChI is InChI=1S/C18H13N5OS/c24-18-16-13(11-4-2-1-3-5-11)14(22-23(16)8-7-19-18)15-17-12(6-9-25-17)20-10-21-15/h1-6,9-10H,7-8H2,(H,19,24). The summed E-state index contributed by atoms with van der Waals surface area (Å²) in [5.41, 5.74) is 4.77. The Morgan fingerprint density at radius 3 is 2.84 bits per heavy atom. The predicted octanol–water partition coefficient (Wildman–Crippen LogP) is 2.97. The summed E-state index contributed by atoms with van der Waals surface area (Å²) in [5, 5.41) is 9.66. The number of benzene rings is 1. The second-order valence-electron chi connectivity index (χ2n) is 5.77. The van der Waals surface area contributed by atoms with E-state index in [4.69, 9.17) is 5.10 Å². The number of aromatic nitrogens is 4. The first-order valence-electron chi connectivity index (χ1n) is 7.96. The minimum Gasteiger partial charge on any atom is -0.349 e. The van der Waals surface area contributed by atoms with Gasteiger partial charge >= 0.3 is 0 Å². The van der Waals surface area contributed by atoms with E-state index in [9.17, 15) is 4.79 Å². The Labute approximate surface area is 147 Å². The minimum absolute atomic E-state index is 0.0969. The van der Waals surface area contributed by atoms with Crippen molar-refractivity contribution < 1.29 is 4.79 Å². The average Bonchev–Trinajstić information content (AvgIpc) is 3.27. The van der Waals surface area contributed by atoms with Crippen molar-refractivity contribution in [3.63, 3.8) is 0 Å². The first-order chi connectivity index (χ1) is 12.3. The highest BCUT2D eigenvalue weighted by Crippen LogP contribution is 2.38. The summed E-state index contributed by atoms with van der Waals surface area (Å²) in [4.78, 5) is 21.3. The van der Waals surface area contributed by atoms with Crippen LogP contribution in [0, 0.1) is 0 Å². The summed E-state index contributed by atoms with van der Waals surface area (Å²) < 4.78 is 2.77. The molecule has 0 bridgehead atoms. The maximum Gasteiger partial charge on any atom is 0.270 e. The van der Waals surface area contributed by atoms with Crippen LogP contribution in [0.3, 0.4) is 0 Å². The van der Waals surface area contributed by atoms with Gasteiger partial charge in [0, 0.05) is 12.1 Å². The third-order valence-electron chi connectivity index (χ3n) is 4.31. The van der Waals surface area contributed by atoms with Gasteiger partial charge in [-0.3, -0.25) is 9.48 Å². The third-order valence-corrected chi connectivity index (χ3v) is 5.22. The molecule has 1 aliphatic rings. The number of amides is 1. The van der Waals surface area contributed by atoms with Crippen LogP contribution < -0.4 is 5.32 Å². The van der Waals surface area contributed by atoms with Crippen LogP contribution in [0.25, 0.3) is 32.7 Å². The smallest absolute Gasteiger partial charge is 0.270 e. The molecule has 4 heterocycles. The Balaban J connectivity index is 1.86. The van der Waals surface area contributed by atoms with Gasteiger partial charge in [0.25, 0.3) is 5.91 Å². The molecule has 5 rings (SSSR count). The van der Waals surface area contributed by atoms with Crippen molar-refractivity contribution in [2.24, 2.45) is 0 Å². The molecule has 0 radical (unpaired) electrons. The summed E-state index contributed by atoms with van der Waals surface area (Å²) in [7, 11) is 0. The fraction of sp³-hybridized carbons (Fsp3) is 0.111. The van der Waals surface area contributed by atoms with Gasteiger partial charge in [0.05, 0.1) is 16.8 Å². The lowest BCUT2D eigenvalue weighted by molar-refractivity contribution is 0.0925. The molecule has 0 saturated heterocycles. The molecule has 25 heavy (non-hydrogen) atoms. The predicted molar refractivity (Wildman–Crippen MR) is 96.4 cm³/mol. The van der Waals surface area contributed by atoms with Gasteiger partial charge in [-0.25, -0.2) is 9.97 Å². The molecule has 1 N–H and O–H groups in total. The first kappa shape index (κ1) is 14.3. The van der Waals surface area contributed by atoms with E-state index < -0.39 is 0 Å². The van der Waals surface area contributed by atoms with Crippen LogP contribution in [0.2, 0.25) is 0 Å². The fourth-order valence-electron chi connectivity index (χ4n) is 3.22. The maximum atomic E-state index is 12.5. The van der Waals surface area contributed by atoms with Gasteiger partial charge in [0.2, 0.25) is 0 Å². The number of fused-ring (bicyclic) bond motifs is 2. The van der Waals surface area contributed by atoms with E-state index in [-0.39, 0.29) is 5.91 Å². The molecule has 0 saturated carbocycles. The lowest BCUT2D eigenvalue weighted by Gasteiger charge is -2.15.